The second-order valence-electron chi connectivity index (χ2n) is 12.6. The SMILES string of the molecule is CC.CC1(C)OB(c2ccc(CCCCCCc3ccc(B4OC(C)(C)C(C)(C)O4)cc3)cc2)OC1(C)C. The van der Waals surface area contributed by atoms with E-state index in [4.69, 9.17) is 18.6 Å². The molecule has 2 aromatic carbocycles. The Hall–Kier alpha value is -1.59. The molecule has 0 spiro atoms. The van der Waals surface area contributed by atoms with Gasteiger partial charge >= 0.3 is 14.2 Å². The number of hydrogen-bond donors (Lipinski definition) is 0. The van der Waals surface area contributed by atoms with E-state index >= 15 is 0 Å². The summed E-state index contributed by atoms with van der Waals surface area (Å²) in [6, 6.07) is 17.5. The quantitative estimate of drug-likeness (QED) is 0.274. The molecule has 208 valence electrons. The summed E-state index contributed by atoms with van der Waals surface area (Å²) in [5.74, 6) is 0. The van der Waals surface area contributed by atoms with Crippen LogP contribution in [-0.4, -0.2) is 36.6 Å². The van der Waals surface area contributed by atoms with Crippen LogP contribution in [0.5, 0.6) is 0 Å². The van der Waals surface area contributed by atoms with Crippen molar-refractivity contribution in [1.82, 2.24) is 0 Å². The van der Waals surface area contributed by atoms with Gasteiger partial charge in [-0.25, -0.2) is 0 Å². The highest BCUT2D eigenvalue weighted by atomic mass is 16.7. The molecule has 38 heavy (non-hydrogen) atoms. The van der Waals surface area contributed by atoms with Gasteiger partial charge in [-0.15, -0.1) is 0 Å². The highest BCUT2D eigenvalue weighted by Crippen LogP contribution is 2.37. The van der Waals surface area contributed by atoms with E-state index in [0.717, 1.165) is 23.8 Å². The smallest absolute Gasteiger partial charge is 0.399 e. The molecule has 0 aromatic heterocycles. The number of benzene rings is 2. The second kappa shape index (κ2) is 12.3. The third kappa shape index (κ3) is 7.13. The molecular formula is C32H50B2O4. The molecule has 0 unspecified atom stereocenters. The molecule has 2 aliphatic rings. The van der Waals surface area contributed by atoms with Crippen molar-refractivity contribution in [2.75, 3.05) is 0 Å². The van der Waals surface area contributed by atoms with E-state index in [-0.39, 0.29) is 36.6 Å². The molecule has 0 saturated carbocycles. The Balaban J connectivity index is 0.00000195. The van der Waals surface area contributed by atoms with Crippen molar-refractivity contribution in [2.45, 2.75) is 130 Å². The normalized spacial score (nSPS) is 20.8. The molecule has 6 heteroatoms. The number of aryl methyl sites for hydroxylation is 2. The summed E-state index contributed by atoms with van der Waals surface area (Å²) in [6.07, 6.45) is 7.18. The van der Waals surface area contributed by atoms with Crippen molar-refractivity contribution in [3.05, 3.63) is 59.7 Å². The van der Waals surface area contributed by atoms with E-state index in [2.05, 4.69) is 104 Å². The Kier molecular flexibility index (Phi) is 10.0. The lowest BCUT2D eigenvalue weighted by atomic mass is 9.78. The lowest BCUT2D eigenvalue weighted by Gasteiger charge is -2.32. The standard InChI is InChI=1S/C30H44B2O4.C2H6/c1-27(2)28(3,4)34-31(33-27)25-19-15-23(16-20-25)13-11-9-10-12-14-24-17-21-26(22-18-24)32-35-29(5,6)30(7,8)36-32;1-2/h15-22H,9-14H2,1-8H3;1-2H3. The number of hydrogen-bond acceptors (Lipinski definition) is 4. The fraction of sp³-hybridized carbons (Fsp3) is 0.625. The monoisotopic (exact) mass is 520 g/mol. The van der Waals surface area contributed by atoms with E-state index in [9.17, 15) is 0 Å². The minimum atomic E-state index is -0.300. The molecular weight excluding hydrogens is 470 g/mol. The van der Waals surface area contributed by atoms with Gasteiger partial charge in [-0.05, 0) is 103 Å². The van der Waals surface area contributed by atoms with Crippen LogP contribution in [0, 0.1) is 0 Å². The minimum Gasteiger partial charge on any atom is -0.399 e. The molecule has 0 amide bonds. The summed E-state index contributed by atoms with van der Waals surface area (Å²) in [4.78, 5) is 0. The van der Waals surface area contributed by atoms with Gasteiger partial charge in [0.15, 0.2) is 0 Å². The topological polar surface area (TPSA) is 36.9 Å². The molecule has 2 heterocycles. The molecule has 4 rings (SSSR count). The molecule has 2 aliphatic heterocycles. The fourth-order valence-electron chi connectivity index (χ4n) is 4.65. The Morgan fingerprint density at radius 1 is 0.447 bits per heavy atom. The summed E-state index contributed by atoms with van der Waals surface area (Å²) in [6.45, 7) is 20.8. The summed E-state index contributed by atoms with van der Waals surface area (Å²) in [5, 5.41) is 0. The maximum Gasteiger partial charge on any atom is 0.494 e. The van der Waals surface area contributed by atoms with Crippen LogP contribution in [0.2, 0.25) is 0 Å². The summed E-state index contributed by atoms with van der Waals surface area (Å²) in [5.41, 5.74) is 3.76. The van der Waals surface area contributed by atoms with Crippen LogP contribution in [0.25, 0.3) is 0 Å². The molecule has 2 aromatic rings. The number of unbranched alkanes of at least 4 members (excludes halogenated alkanes) is 3. The summed E-state index contributed by atoms with van der Waals surface area (Å²) in [7, 11) is -0.565. The van der Waals surface area contributed by atoms with Gasteiger partial charge in [0.2, 0.25) is 0 Å². The van der Waals surface area contributed by atoms with Gasteiger partial charge in [-0.3, -0.25) is 0 Å². The van der Waals surface area contributed by atoms with Crippen molar-refractivity contribution in [3.63, 3.8) is 0 Å². The first kappa shape index (κ1) is 30.9. The van der Waals surface area contributed by atoms with Gasteiger partial charge in [-0.1, -0.05) is 75.2 Å². The van der Waals surface area contributed by atoms with E-state index in [1.807, 2.05) is 13.8 Å². The van der Waals surface area contributed by atoms with Crippen molar-refractivity contribution < 1.29 is 18.6 Å². The van der Waals surface area contributed by atoms with Crippen LogP contribution >= 0.6 is 0 Å². The molecule has 0 radical (unpaired) electrons. The molecule has 0 N–H and O–H groups in total. The van der Waals surface area contributed by atoms with Gasteiger partial charge < -0.3 is 18.6 Å². The minimum absolute atomic E-state index is 0.282. The van der Waals surface area contributed by atoms with Gasteiger partial charge in [0.25, 0.3) is 0 Å². The van der Waals surface area contributed by atoms with Crippen molar-refractivity contribution in [3.8, 4) is 0 Å². The lowest BCUT2D eigenvalue weighted by molar-refractivity contribution is 0.00578. The van der Waals surface area contributed by atoms with Gasteiger partial charge in [0.05, 0.1) is 22.4 Å². The van der Waals surface area contributed by atoms with Crippen LogP contribution in [0.15, 0.2) is 48.5 Å². The van der Waals surface area contributed by atoms with Crippen LogP contribution < -0.4 is 10.9 Å². The number of rotatable bonds is 9. The average molecular weight is 520 g/mol. The third-order valence-corrected chi connectivity index (χ3v) is 8.69. The highest BCUT2D eigenvalue weighted by Gasteiger charge is 2.52. The molecule has 0 aliphatic carbocycles. The Morgan fingerprint density at radius 3 is 0.974 bits per heavy atom. The van der Waals surface area contributed by atoms with Crippen LogP contribution in [0.3, 0.4) is 0 Å². The molecule has 0 bridgehead atoms. The zero-order chi connectivity index (χ0) is 28.2. The second-order valence-corrected chi connectivity index (χ2v) is 12.6. The largest absolute Gasteiger partial charge is 0.494 e. The van der Waals surface area contributed by atoms with E-state index in [1.165, 1.54) is 36.8 Å². The molecule has 4 nitrogen and oxygen atoms in total. The van der Waals surface area contributed by atoms with Crippen molar-refractivity contribution in [2.24, 2.45) is 0 Å². The Bertz CT molecular complexity index is 897. The van der Waals surface area contributed by atoms with E-state index in [1.54, 1.807) is 0 Å². The Labute approximate surface area is 233 Å². The molecule has 2 fully saturated rings. The van der Waals surface area contributed by atoms with E-state index < -0.39 is 0 Å². The maximum atomic E-state index is 6.17. The van der Waals surface area contributed by atoms with Crippen molar-refractivity contribution >= 4 is 25.2 Å². The first-order valence-corrected chi connectivity index (χ1v) is 14.7. The molecule has 0 atom stereocenters. The predicted octanol–water partition coefficient (Wildman–Crippen LogP) is 6.66. The maximum absolute atomic E-state index is 6.17. The van der Waals surface area contributed by atoms with Gasteiger partial charge in [-0.2, -0.15) is 0 Å². The zero-order valence-electron chi connectivity index (χ0n) is 25.6. The fourth-order valence-corrected chi connectivity index (χ4v) is 4.65. The highest BCUT2D eigenvalue weighted by molar-refractivity contribution is 6.62. The first-order chi connectivity index (χ1) is 17.8. The van der Waals surface area contributed by atoms with Crippen LogP contribution in [-0.2, 0) is 31.5 Å². The van der Waals surface area contributed by atoms with Crippen LogP contribution in [0.1, 0.15) is 106 Å². The molecule has 2 saturated heterocycles. The summed E-state index contributed by atoms with van der Waals surface area (Å²) >= 11 is 0. The van der Waals surface area contributed by atoms with Gasteiger partial charge in [0.1, 0.15) is 0 Å². The average Bonchev–Trinajstić information content (AvgIpc) is 3.22. The predicted molar refractivity (Wildman–Crippen MR) is 162 cm³/mol. The zero-order valence-corrected chi connectivity index (χ0v) is 25.6. The van der Waals surface area contributed by atoms with Crippen molar-refractivity contribution in [1.29, 1.82) is 0 Å². The van der Waals surface area contributed by atoms with Gasteiger partial charge in [0, 0.05) is 0 Å². The summed E-state index contributed by atoms with van der Waals surface area (Å²) < 4.78 is 24.7. The first-order valence-electron chi connectivity index (χ1n) is 14.7. The van der Waals surface area contributed by atoms with Crippen LogP contribution in [0.4, 0.5) is 0 Å². The Morgan fingerprint density at radius 2 is 0.711 bits per heavy atom. The van der Waals surface area contributed by atoms with E-state index in [0.29, 0.717) is 0 Å². The lowest BCUT2D eigenvalue weighted by Crippen LogP contribution is -2.41. The third-order valence-electron chi connectivity index (χ3n) is 8.69.